The molecule has 4 aromatic rings. The molecule has 0 aromatic heterocycles. The second-order valence-corrected chi connectivity index (χ2v) is 23.7. The number of aliphatic hydroxyl groups excluding tert-OH is 1. The summed E-state index contributed by atoms with van der Waals surface area (Å²) in [5.74, 6) is 0.569. The summed E-state index contributed by atoms with van der Waals surface area (Å²) in [4.78, 5) is 111. The monoisotopic (exact) mass is 1340 g/mol. The summed E-state index contributed by atoms with van der Waals surface area (Å²) < 4.78 is 44.4. The quantitative estimate of drug-likeness (QED) is 0.0264. The molecule has 4 aromatic carbocycles. The first-order valence-corrected chi connectivity index (χ1v) is 32.5. The largest absolute Gasteiger partial charge is 0.497 e. The fraction of sp³-hybridized carbons (Fsp3) is 0.465. The maximum absolute atomic E-state index is 13.7. The first-order valence-electron chi connectivity index (χ1n) is 32.5. The van der Waals surface area contributed by atoms with Gasteiger partial charge in [0, 0.05) is 102 Å². The minimum absolute atomic E-state index is 0.00139. The number of nitrogens with zero attached hydrogens (tertiary/aromatic N) is 5. The van der Waals surface area contributed by atoms with Crippen molar-refractivity contribution < 1.29 is 81.4 Å². The van der Waals surface area contributed by atoms with Crippen LogP contribution in [-0.2, 0) is 43.0 Å². The second-order valence-electron chi connectivity index (χ2n) is 23.7. The number of imide groups is 1. The number of aliphatic hydroxyl groups is 1. The minimum atomic E-state index is -0.623. The van der Waals surface area contributed by atoms with Crippen LogP contribution in [0.15, 0.2) is 95.2 Å². The summed E-state index contributed by atoms with van der Waals surface area (Å²) in [5, 5.41) is 18.8. The minimum Gasteiger partial charge on any atom is -0.497 e. The fourth-order valence-electron chi connectivity index (χ4n) is 10.8. The number of benzene rings is 4. The van der Waals surface area contributed by atoms with E-state index in [0.717, 1.165) is 32.9 Å². The van der Waals surface area contributed by atoms with E-state index in [0.29, 0.717) is 131 Å². The van der Waals surface area contributed by atoms with Gasteiger partial charge in [0.2, 0.25) is 35.4 Å². The second kappa shape index (κ2) is 37.1. The van der Waals surface area contributed by atoms with Crippen LogP contribution in [0.25, 0.3) is 11.1 Å². The Morgan fingerprint density at radius 3 is 1.61 bits per heavy atom. The number of amides is 8. The molecular weight excluding hydrogens is 1250 g/mol. The normalized spacial score (nSPS) is 17.1. The van der Waals surface area contributed by atoms with E-state index in [2.05, 4.69) is 52.5 Å². The number of methoxy groups -OCH3 is 3. The van der Waals surface area contributed by atoms with E-state index in [4.69, 9.17) is 53.0 Å². The van der Waals surface area contributed by atoms with Gasteiger partial charge in [0.1, 0.15) is 17.8 Å². The third-order valence-electron chi connectivity index (χ3n) is 16.3. The molecule has 8 amide bonds. The molecule has 5 aliphatic heterocycles. The van der Waals surface area contributed by atoms with Crippen LogP contribution in [0.1, 0.15) is 111 Å². The number of aryl methyl sites for hydroxylation is 1. The lowest BCUT2D eigenvalue weighted by Crippen LogP contribution is -2.54. The van der Waals surface area contributed by atoms with Crippen LogP contribution in [0.4, 0.5) is 11.4 Å². The predicted molar refractivity (Wildman–Crippen MR) is 364 cm³/mol. The van der Waals surface area contributed by atoms with Crippen molar-refractivity contribution in [2.75, 3.05) is 101 Å². The zero-order chi connectivity index (χ0) is 70.1. The summed E-state index contributed by atoms with van der Waals surface area (Å²) in [6.45, 7) is 14.2. The number of ether oxygens (including phenoxy) is 8. The topological polar surface area (TPSA) is 313 Å². The average molecular weight is 1340 g/mol. The summed E-state index contributed by atoms with van der Waals surface area (Å²) in [6.07, 6.45) is 9.99. The summed E-state index contributed by atoms with van der Waals surface area (Å²) in [7, 11) is 6.24. The van der Waals surface area contributed by atoms with E-state index in [1.54, 1.807) is 76.2 Å². The number of likely N-dealkylation sites (tertiary alicyclic amines) is 1. The van der Waals surface area contributed by atoms with Crippen molar-refractivity contribution in [3.8, 4) is 28.7 Å². The van der Waals surface area contributed by atoms with Gasteiger partial charge in [-0.2, -0.15) is 0 Å². The molecule has 9 rings (SSSR count). The standard InChI is InChI=1S/C43H40N4O7.C16H28N2O7.C12H23N3O3/c1-26-6-8-27(9-7-26)29-16-31-22-44-36-20-40(38(51-3)18-34(36)42(48)46(31)24-29)53-14-5-15-54-41-21-37-35(19-39(41)52-4)43(49)47-25-30(17-32(47)23-45-37)28-10-12-33(50-2)13-11-28;1-13-12-15(21)18(16(13)22)4-2-14(20)17-3-6-23-8-10-25-11-9-24-7-5-19;1-6-9(16)15-10(7(2)3)12(18)14-8(4)11(17)13-5/h6-13,18-25,31-32H,5,14-17H2,1-4H3;13,19H,2-12H2,1H3,(H,17,20);7-8,10H,6H2,1-5H3,(H,13,17)(H,14,18)(H,15,16)/t31-,32-;;8-,10-/m0.0/s1. The zero-order valence-electron chi connectivity index (χ0n) is 56.9. The Bertz CT molecular complexity index is 3540. The van der Waals surface area contributed by atoms with E-state index >= 15 is 0 Å². The van der Waals surface area contributed by atoms with Crippen molar-refractivity contribution in [2.45, 2.75) is 104 Å². The van der Waals surface area contributed by atoms with Crippen molar-refractivity contribution in [1.29, 1.82) is 0 Å². The van der Waals surface area contributed by atoms with E-state index in [1.807, 2.05) is 62.9 Å². The molecular formula is C71H91N9O17. The lowest BCUT2D eigenvalue weighted by atomic mass is 10.0. The molecule has 5 heterocycles. The molecule has 1 fully saturated rings. The number of nitrogens with one attached hydrogen (secondary N) is 4. The lowest BCUT2D eigenvalue weighted by Gasteiger charge is -2.23. The predicted octanol–water partition coefficient (Wildman–Crippen LogP) is 6.53. The Morgan fingerprint density at radius 2 is 1.14 bits per heavy atom. The highest BCUT2D eigenvalue weighted by molar-refractivity contribution is 6.07. The van der Waals surface area contributed by atoms with Gasteiger partial charge in [0.05, 0.1) is 115 Å². The average Bonchev–Trinajstić information content (AvgIpc) is 1.61. The molecule has 0 radical (unpaired) electrons. The Balaban J connectivity index is 0.000000255. The molecule has 1 unspecified atom stereocenters. The van der Waals surface area contributed by atoms with E-state index in [-0.39, 0.29) is 97.2 Å². The van der Waals surface area contributed by atoms with Crippen LogP contribution in [0.2, 0.25) is 0 Å². The number of carbonyl (C=O) groups excluding carboxylic acids is 8. The molecule has 97 heavy (non-hydrogen) atoms. The van der Waals surface area contributed by atoms with E-state index in [9.17, 15) is 38.4 Å². The molecule has 0 bridgehead atoms. The molecule has 5 aliphatic rings. The number of rotatable bonds is 31. The van der Waals surface area contributed by atoms with Crippen LogP contribution in [0.3, 0.4) is 0 Å². The molecule has 26 heteroatoms. The van der Waals surface area contributed by atoms with Gasteiger partial charge in [-0.3, -0.25) is 53.2 Å². The maximum atomic E-state index is 13.7. The van der Waals surface area contributed by atoms with Crippen molar-refractivity contribution in [1.82, 2.24) is 36.0 Å². The Hall–Kier alpha value is -9.50. The molecule has 0 aliphatic carbocycles. The molecule has 5 atom stereocenters. The van der Waals surface area contributed by atoms with Crippen LogP contribution < -0.4 is 45.0 Å². The highest BCUT2D eigenvalue weighted by Gasteiger charge is 2.37. The maximum Gasteiger partial charge on any atom is 0.260 e. The molecule has 0 spiro atoms. The van der Waals surface area contributed by atoms with Crippen molar-refractivity contribution in [3.05, 3.63) is 113 Å². The molecule has 1 saturated heterocycles. The van der Waals surface area contributed by atoms with Gasteiger partial charge in [-0.15, -0.1) is 0 Å². The van der Waals surface area contributed by atoms with Gasteiger partial charge < -0.3 is 74.1 Å². The zero-order valence-corrected chi connectivity index (χ0v) is 56.9. The number of likely N-dealkylation sites (N-methyl/N-ethyl adjacent to an activating group) is 1. The summed E-state index contributed by atoms with van der Waals surface area (Å²) >= 11 is 0. The van der Waals surface area contributed by atoms with Crippen LogP contribution in [0, 0.1) is 18.8 Å². The third kappa shape index (κ3) is 20.8. The first kappa shape index (κ1) is 74.9. The Morgan fingerprint density at radius 1 is 0.629 bits per heavy atom. The summed E-state index contributed by atoms with van der Waals surface area (Å²) in [5.41, 5.74) is 7.41. The van der Waals surface area contributed by atoms with E-state index in [1.165, 1.54) is 12.6 Å². The Labute approximate surface area is 566 Å². The SMILES string of the molecule is CC1CC(=O)N(CCC(=O)NCCOCCOCCOCCO)C1=O.CCC(=O)N[C@H](C(=O)N[C@@H](C)C(=O)NC)C(C)C.COc1ccc(C2=CN3C(=O)c4cc(OC)c(OCCCOc5cc6c(cc5OC)C(=O)N5C=C(c7ccc(C)cc7)C[C@H]5C=N6)cc4N=C[C@@H]3C2)cc1. The molecule has 0 saturated carbocycles. The molecule has 5 N–H and O–H groups in total. The highest BCUT2D eigenvalue weighted by atomic mass is 16.5. The number of aliphatic imine (C=N–C) groups is 2. The van der Waals surface area contributed by atoms with E-state index < -0.39 is 12.1 Å². The van der Waals surface area contributed by atoms with Gasteiger partial charge in [-0.05, 0) is 66.3 Å². The van der Waals surface area contributed by atoms with Gasteiger partial charge in [-0.1, -0.05) is 69.7 Å². The highest BCUT2D eigenvalue weighted by Crippen LogP contribution is 2.42. The van der Waals surface area contributed by atoms with Crippen molar-refractivity contribution in [2.24, 2.45) is 21.8 Å². The molecule has 522 valence electrons. The number of hydrogen-bond acceptors (Lipinski definition) is 19. The van der Waals surface area contributed by atoms with Gasteiger partial charge >= 0.3 is 0 Å². The van der Waals surface area contributed by atoms with Crippen LogP contribution >= 0.6 is 0 Å². The first-order chi connectivity index (χ1) is 46.7. The van der Waals surface area contributed by atoms with Crippen molar-refractivity contribution in [3.63, 3.8) is 0 Å². The van der Waals surface area contributed by atoms with Crippen molar-refractivity contribution >= 4 is 82.2 Å². The number of hydrogen-bond donors (Lipinski definition) is 5. The number of fused-ring (bicyclic) bond motifs is 4. The van der Waals surface area contributed by atoms with Gasteiger partial charge in [0.15, 0.2) is 23.0 Å². The van der Waals surface area contributed by atoms with Gasteiger partial charge in [0.25, 0.3) is 11.8 Å². The smallest absolute Gasteiger partial charge is 0.260 e. The van der Waals surface area contributed by atoms with Crippen LogP contribution in [-0.4, -0.2) is 205 Å². The third-order valence-corrected chi connectivity index (χ3v) is 16.3. The molecule has 26 nitrogen and oxygen atoms in total. The van der Waals surface area contributed by atoms with Crippen LogP contribution in [0.5, 0.6) is 28.7 Å². The Kier molecular flexibility index (Phi) is 28.7. The number of carbonyl (C=O) groups is 8. The lowest BCUT2D eigenvalue weighted by molar-refractivity contribution is -0.139. The van der Waals surface area contributed by atoms with Gasteiger partial charge in [-0.25, -0.2) is 0 Å². The summed E-state index contributed by atoms with van der Waals surface area (Å²) in [6, 6.07) is 21.4. The fourth-order valence-corrected chi connectivity index (χ4v) is 10.8.